The molecule has 3 heteroatoms. The van der Waals surface area contributed by atoms with Gasteiger partial charge in [0.25, 0.3) is 0 Å². The Morgan fingerprint density at radius 1 is 1.19 bits per heavy atom. The van der Waals surface area contributed by atoms with Crippen LogP contribution in [0.2, 0.25) is 0 Å². The fourth-order valence-corrected chi connectivity index (χ4v) is 3.78. The molecule has 1 atom stereocenters. The van der Waals surface area contributed by atoms with E-state index in [1.807, 2.05) is 6.92 Å². The van der Waals surface area contributed by atoms with Crippen molar-refractivity contribution in [3.8, 4) is 0 Å². The second-order valence-electron chi connectivity index (χ2n) is 5.88. The normalized spacial score (nSPS) is 15.7. The molecule has 21 heavy (non-hydrogen) atoms. The summed E-state index contributed by atoms with van der Waals surface area (Å²) in [6.45, 7) is 5.24. The molecule has 1 aliphatic heterocycles. The molecule has 2 aromatic rings. The van der Waals surface area contributed by atoms with Crippen molar-refractivity contribution in [2.45, 2.75) is 32.7 Å². The molecule has 0 aliphatic carbocycles. The molecular formula is C18H21BrN2. The monoisotopic (exact) mass is 344 g/mol. The molecule has 110 valence electrons. The first-order valence-electron chi connectivity index (χ1n) is 7.48. The number of fused-ring (bicyclic) bond motifs is 1. The van der Waals surface area contributed by atoms with Crippen molar-refractivity contribution in [2.75, 3.05) is 11.4 Å². The number of rotatable bonds is 2. The van der Waals surface area contributed by atoms with E-state index in [9.17, 15) is 0 Å². The third-order valence-electron chi connectivity index (χ3n) is 4.14. The Labute approximate surface area is 135 Å². The number of hydrogen-bond acceptors (Lipinski definition) is 2. The molecule has 0 saturated heterocycles. The van der Waals surface area contributed by atoms with Crippen LogP contribution in [-0.2, 0) is 6.42 Å². The standard InChI is InChI=1S/C18H21BrN2/c1-12-5-8-18-14(10-12)4-3-9-21(18)15-6-7-16(13(2)20)17(19)11-15/h5-8,10-11,13H,3-4,9,20H2,1-2H3/t13-/m0/s1. The Morgan fingerprint density at radius 3 is 2.71 bits per heavy atom. The summed E-state index contributed by atoms with van der Waals surface area (Å²) in [6, 6.07) is 13.3. The second-order valence-corrected chi connectivity index (χ2v) is 6.74. The van der Waals surface area contributed by atoms with Crippen molar-refractivity contribution in [3.63, 3.8) is 0 Å². The van der Waals surface area contributed by atoms with Gasteiger partial charge < -0.3 is 10.6 Å². The largest absolute Gasteiger partial charge is 0.341 e. The van der Waals surface area contributed by atoms with Crippen molar-refractivity contribution < 1.29 is 0 Å². The molecule has 0 spiro atoms. The van der Waals surface area contributed by atoms with E-state index in [2.05, 4.69) is 64.2 Å². The summed E-state index contributed by atoms with van der Waals surface area (Å²) < 4.78 is 1.09. The number of benzene rings is 2. The lowest BCUT2D eigenvalue weighted by molar-refractivity contribution is 0.764. The van der Waals surface area contributed by atoms with Crippen LogP contribution in [0.25, 0.3) is 0 Å². The van der Waals surface area contributed by atoms with Crippen LogP contribution in [0.5, 0.6) is 0 Å². The molecule has 0 radical (unpaired) electrons. The highest BCUT2D eigenvalue weighted by Crippen LogP contribution is 2.36. The molecule has 2 aromatic carbocycles. The Hall–Kier alpha value is -1.32. The zero-order valence-electron chi connectivity index (χ0n) is 12.6. The first kappa shape index (κ1) is 14.6. The first-order valence-corrected chi connectivity index (χ1v) is 8.27. The summed E-state index contributed by atoms with van der Waals surface area (Å²) in [5.74, 6) is 0. The molecule has 0 unspecified atom stereocenters. The average molecular weight is 345 g/mol. The zero-order valence-corrected chi connectivity index (χ0v) is 14.2. The Morgan fingerprint density at radius 2 is 2.00 bits per heavy atom. The molecule has 0 aromatic heterocycles. The number of hydrogen-bond donors (Lipinski definition) is 1. The molecule has 0 bridgehead atoms. The van der Waals surface area contributed by atoms with E-state index in [1.54, 1.807) is 0 Å². The van der Waals surface area contributed by atoms with Gasteiger partial charge in [-0.2, -0.15) is 0 Å². The van der Waals surface area contributed by atoms with Gasteiger partial charge in [-0.1, -0.05) is 39.7 Å². The van der Waals surface area contributed by atoms with E-state index < -0.39 is 0 Å². The third-order valence-corrected chi connectivity index (χ3v) is 4.83. The van der Waals surface area contributed by atoms with Gasteiger partial charge in [0.05, 0.1) is 0 Å². The Bertz CT molecular complexity index is 664. The van der Waals surface area contributed by atoms with Crippen molar-refractivity contribution in [1.29, 1.82) is 0 Å². The average Bonchev–Trinajstić information content (AvgIpc) is 2.45. The topological polar surface area (TPSA) is 29.3 Å². The highest BCUT2D eigenvalue weighted by Gasteiger charge is 2.19. The summed E-state index contributed by atoms with van der Waals surface area (Å²) in [5.41, 5.74) is 12.5. The van der Waals surface area contributed by atoms with Crippen LogP contribution in [0, 0.1) is 6.92 Å². The molecular weight excluding hydrogens is 324 g/mol. The maximum Gasteiger partial charge on any atom is 0.0443 e. The summed E-state index contributed by atoms with van der Waals surface area (Å²) >= 11 is 3.66. The fourth-order valence-electron chi connectivity index (χ4n) is 3.05. The van der Waals surface area contributed by atoms with Gasteiger partial charge in [-0.3, -0.25) is 0 Å². The van der Waals surface area contributed by atoms with Gasteiger partial charge in [0, 0.05) is 28.4 Å². The second kappa shape index (κ2) is 5.82. The van der Waals surface area contributed by atoms with Crippen LogP contribution in [-0.4, -0.2) is 6.54 Å². The summed E-state index contributed by atoms with van der Waals surface area (Å²) in [4.78, 5) is 2.41. The smallest absolute Gasteiger partial charge is 0.0443 e. The van der Waals surface area contributed by atoms with Gasteiger partial charge in [0.2, 0.25) is 0 Å². The van der Waals surface area contributed by atoms with E-state index in [4.69, 9.17) is 5.73 Å². The predicted molar refractivity (Wildman–Crippen MR) is 93.3 cm³/mol. The first-order chi connectivity index (χ1) is 10.1. The number of halogens is 1. The lowest BCUT2D eigenvalue weighted by Crippen LogP contribution is -2.24. The van der Waals surface area contributed by atoms with E-state index in [1.165, 1.54) is 35.3 Å². The molecule has 2 nitrogen and oxygen atoms in total. The number of anilines is 2. The van der Waals surface area contributed by atoms with Gasteiger partial charge in [0.1, 0.15) is 0 Å². The lowest BCUT2D eigenvalue weighted by atomic mass is 9.98. The van der Waals surface area contributed by atoms with E-state index >= 15 is 0 Å². The minimum absolute atomic E-state index is 0.0460. The van der Waals surface area contributed by atoms with Crippen LogP contribution >= 0.6 is 15.9 Å². The summed E-state index contributed by atoms with van der Waals surface area (Å²) in [5, 5.41) is 0. The summed E-state index contributed by atoms with van der Waals surface area (Å²) in [7, 11) is 0. The zero-order chi connectivity index (χ0) is 15.0. The van der Waals surface area contributed by atoms with Gasteiger partial charge in [-0.05, 0) is 56.0 Å². The van der Waals surface area contributed by atoms with Crippen LogP contribution in [0.1, 0.15) is 36.1 Å². The predicted octanol–water partition coefficient (Wildman–Crippen LogP) is 4.86. The van der Waals surface area contributed by atoms with Crippen molar-refractivity contribution in [1.82, 2.24) is 0 Å². The number of nitrogens with zero attached hydrogens (tertiary/aromatic N) is 1. The molecule has 0 saturated carbocycles. The van der Waals surface area contributed by atoms with E-state index in [-0.39, 0.29) is 6.04 Å². The molecule has 2 N–H and O–H groups in total. The van der Waals surface area contributed by atoms with Gasteiger partial charge >= 0.3 is 0 Å². The Kier molecular flexibility index (Phi) is 4.05. The van der Waals surface area contributed by atoms with Crippen LogP contribution < -0.4 is 10.6 Å². The highest BCUT2D eigenvalue weighted by molar-refractivity contribution is 9.10. The fraction of sp³-hybridized carbons (Fsp3) is 0.333. The Balaban J connectivity index is 2.01. The van der Waals surface area contributed by atoms with Gasteiger partial charge in [-0.25, -0.2) is 0 Å². The molecule has 1 heterocycles. The number of nitrogens with two attached hydrogens (primary N) is 1. The molecule has 3 rings (SSSR count). The van der Waals surface area contributed by atoms with E-state index in [0.29, 0.717) is 0 Å². The van der Waals surface area contributed by atoms with Gasteiger partial charge in [0.15, 0.2) is 0 Å². The van der Waals surface area contributed by atoms with Crippen LogP contribution in [0.15, 0.2) is 40.9 Å². The lowest BCUT2D eigenvalue weighted by Gasteiger charge is -2.32. The minimum atomic E-state index is 0.0460. The number of aryl methyl sites for hydroxylation is 2. The van der Waals surface area contributed by atoms with Crippen molar-refractivity contribution in [3.05, 3.63) is 57.6 Å². The van der Waals surface area contributed by atoms with Crippen LogP contribution in [0.3, 0.4) is 0 Å². The minimum Gasteiger partial charge on any atom is -0.341 e. The molecule has 1 aliphatic rings. The SMILES string of the molecule is Cc1ccc2c(c1)CCCN2c1ccc([C@H](C)N)c(Br)c1. The molecule has 0 fully saturated rings. The third kappa shape index (κ3) is 2.85. The molecule has 0 amide bonds. The van der Waals surface area contributed by atoms with Crippen molar-refractivity contribution in [2.24, 2.45) is 5.73 Å². The van der Waals surface area contributed by atoms with E-state index in [0.717, 1.165) is 16.6 Å². The highest BCUT2D eigenvalue weighted by atomic mass is 79.9. The maximum atomic E-state index is 5.99. The van der Waals surface area contributed by atoms with Crippen molar-refractivity contribution >= 4 is 27.3 Å². The quantitative estimate of drug-likeness (QED) is 0.842. The van der Waals surface area contributed by atoms with Gasteiger partial charge in [-0.15, -0.1) is 0 Å². The van der Waals surface area contributed by atoms with Crippen LogP contribution in [0.4, 0.5) is 11.4 Å². The summed E-state index contributed by atoms with van der Waals surface area (Å²) in [6.07, 6.45) is 2.37. The maximum absolute atomic E-state index is 5.99.